The van der Waals surface area contributed by atoms with Gasteiger partial charge in [0.25, 0.3) is 0 Å². The molecule has 0 aromatic rings. The van der Waals surface area contributed by atoms with E-state index in [1.165, 1.54) is 141 Å². The molecule has 0 bridgehead atoms. The van der Waals surface area contributed by atoms with E-state index in [-0.39, 0.29) is 31.1 Å². The Bertz CT molecular complexity index is 766. The Morgan fingerprint density at radius 3 is 0.961 bits per heavy atom. The Balaban J connectivity index is 4.26. The van der Waals surface area contributed by atoms with Crippen molar-refractivity contribution in [3.8, 4) is 0 Å². The van der Waals surface area contributed by atoms with E-state index < -0.39 is 6.10 Å². The Morgan fingerprint density at radius 1 is 0.373 bits per heavy atom. The van der Waals surface area contributed by atoms with Crippen molar-refractivity contribution in [1.29, 1.82) is 0 Å². The van der Waals surface area contributed by atoms with Crippen molar-refractivity contribution < 1.29 is 28.6 Å². The highest BCUT2D eigenvalue weighted by Gasteiger charge is 2.19. The lowest BCUT2D eigenvalue weighted by Crippen LogP contribution is -2.30. The minimum atomic E-state index is -0.757. The predicted octanol–water partition coefficient (Wildman–Crippen LogP) is 13.9. The maximum Gasteiger partial charge on any atom is 0.306 e. The zero-order valence-corrected chi connectivity index (χ0v) is 34.6. The summed E-state index contributed by atoms with van der Waals surface area (Å²) in [5.74, 6) is -0.0296. The summed E-state index contributed by atoms with van der Waals surface area (Å²) < 4.78 is 16.6. The van der Waals surface area contributed by atoms with Gasteiger partial charge in [0.1, 0.15) is 13.2 Å². The highest BCUT2D eigenvalue weighted by molar-refractivity contribution is 5.71. The molecule has 0 fully saturated rings. The minimum Gasteiger partial charge on any atom is -0.462 e. The lowest BCUT2D eigenvalue weighted by Gasteiger charge is -2.18. The number of hydrogen-bond donors (Lipinski definition) is 0. The molecule has 0 amide bonds. The smallest absolute Gasteiger partial charge is 0.306 e. The van der Waals surface area contributed by atoms with Crippen LogP contribution >= 0.6 is 0 Å². The summed E-state index contributed by atoms with van der Waals surface area (Å²) in [5, 5.41) is 0. The van der Waals surface area contributed by atoms with Gasteiger partial charge in [-0.05, 0) is 25.2 Å². The van der Waals surface area contributed by atoms with Gasteiger partial charge in [-0.3, -0.25) is 14.4 Å². The van der Waals surface area contributed by atoms with E-state index >= 15 is 0 Å². The fourth-order valence-corrected chi connectivity index (χ4v) is 6.63. The number of hydrogen-bond acceptors (Lipinski definition) is 6. The molecular weight excluding hydrogens is 636 g/mol. The average Bonchev–Trinajstić information content (AvgIpc) is 3.11. The summed E-state index contributed by atoms with van der Waals surface area (Å²) in [6, 6.07) is 0. The predicted molar refractivity (Wildman–Crippen MR) is 215 cm³/mol. The molecule has 0 radical (unpaired) electrons. The zero-order chi connectivity index (χ0) is 37.5. The number of unbranched alkanes of at least 4 members (excludes halogenated alkanes) is 27. The molecule has 0 aliphatic heterocycles. The Hall–Kier alpha value is -1.59. The van der Waals surface area contributed by atoms with Gasteiger partial charge in [-0.2, -0.15) is 0 Å². The topological polar surface area (TPSA) is 78.9 Å². The molecule has 0 aliphatic carbocycles. The first-order valence-corrected chi connectivity index (χ1v) is 22.4. The van der Waals surface area contributed by atoms with Gasteiger partial charge in [0.2, 0.25) is 0 Å². The first kappa shape index (κ1) is 49.4. The van der Waals surface area contributed by atoms with Crippen LogP contribution in [0.5, 0.6) is 0 Å². The molecule has 1 atom stereocenters. The first-order chi connectivity index (χ1) is 24.9. The molecule has 0 aliphatic rings. The van der Waals surface area contributed by atoms with Gasteiger partial charge in [-0.25, -0.2) is 0 Å². The van der Waals surface area contributed by atoms with Crippen molar-refractivity contribution in [2.45, 2.75) is 252 Å². The van der Waals surface area contributed by atoms with Crippen LogP contribution < -0.4 is 0 Å². The average molecular weight is 723 g/mol. The second-order valence-electron chi connectivity index (χ2n) is 15.8. The molecule has 0 rings (SSSR count). The Kier molecular flexibility index (Phi) is 38.4. The van der Waals surface area contributed by atoms with Crippen LogP contribution in [-0.4, -0.2) is 37.2 Å². The maximum absolute atomic E-state index is 12.7. The quantitative estimate of drug-likeness (QED) is 0.0356. The van der Waals surface area contributed by atoms with Crippen LogP contribution in [0, 0.1) is 5.92 Å². The molecule has 0 saturated heterocycles. The number of carbonyl (C=O) groups excluding carboxylic acids is 3. The van der Waals surface area contributed by atoms with Crippen molar-refractivity contribution in [2.24, 2.45) is 5.92 Å². The fraction of sp³-hybridized carbons (Fsp3) is 0.933. The zero-order valence-electron chi connectivity index (χ0n) is 34.6. The second-order valence-corrected chi connectivity index (χ2v) is 15.8. The van der Waals surface area contributed by atoms with Gasteiger partial charge in [0, 0.05) is 19.3 Å². The molecule has 0 saturated carbocycles. The van der Waals surface area contributed by atoms with E-state index in [1.54, 1.807) is 0 Å². The second kappa shape index (κ2) is 39.6. The van der Waals surface area contributed by atoms with Gasteiger partial charge in [0.15, 0.2) is 6.10 Å². The van der Waals surface area contributed by atoms with Crippen LogP contribution in [0.25, 0.3) is 0 Å². The van der Waals surface area contributed by atoms with Crippen LogP contribution in [0.15, 0.2) is 0 Å². The highest BCUT2D eigenvalue weighted by atomic mass is 16.6. The van der Waals surface area contributed by atoms with Crippen molar-refractivity contribution in [3.63, 3.8) is 0 Å². The van der Waals surface area contributed by atoms with Gasteiger partial charge >= 0.3 is 17.9 Å². The molecule has 0 N–H and O–H groups in total. The molecule has 51 heavy (non-hydrogen) atoms. The third kappa shape index (κ3) is 39.5. The first-order valence-electron chi connectivity index (χ1n) is 22.4. The molecular formula is C45H86O6. The third-order valence-corrected chi connectivity index (χ3v) is 10.0. The van der Waals surface area contributed by atoms with E-state index in [9.17, 15) is 14.4 Å². The standard InChI is InChI=1S/C45H86O6/c1-5-7-9-11-13-14-17-21-25-29-33-37-44(47)50-40-42(39-49-43(46)36-32-28-23-12-10-8-6-2)51-45(48)38-34-30-26-22-19-16-15-18-20-24-27-31-35-41(3)4/h41-42H,5-40H2,1-4H3/t42-/m0/s1. The SMILES string of the molecule is CCCCCCCCCCCCCC(=O)OC[C@H](COC(=O)CCCCCCCCC)OC(=O)CCCCCCCCCCCCCCC(C)C. The van der Waals surface area contributed by atoms with E-state index in [4.69, 9.17) is 14.2 Å². The number of ether oxygens (including phenoxy) is 3. The molecule has 0 spiro atoms. The number of esters is 3. The summed E-state index contributed by atoms with van der Waals surface area (Å²) in [6.45, 7) is 8.95. The van der Waals surface area contributed by atoms with Crippen molar-refractivity contribution in [3.05, 3.63) is 0 Å². The molecule has 6 nitrogen and oxygen atoms in total. The van der Waals surface area contributed by atoms with Crippen LogP contribution in [-0.2, 0) is 28.6 Å². The van der Waals surface area contributed by atoms with Crippen LogP contribution in [0.3, 0.4) is 0 Å². The molecule has 0 heterocycles. The van der Waals surface area contributed by atoms with Crippen LogP contribution in [0.1, 0.15) is 246 Å². The fourth-order valence-electron chi connectivity index (χ4n) is 6.63. The molecule has 0 aromatic carbocycles. The van der Waals surface area contributed by atoms with E-state index in [0.717, 1.165) is 63.7 Å². The molecule has 0 aromatic heterocycles. The monoisotopic (exact) mass is 723 g/mol. The number of carbonyl (C=O) groups is 3. The summed E-state index contributed by atoms with van der Waals surface area (Å²) in [5.41, 5.74) is 0. The summed E-state index contributed by atoms with van der Waals surface area (Å²) in [7, 11) is 0. The van der Waals surface area contributed by atoms with Gasteiger partial charge < -0.3 is 14.2 Å². The largest absolute Gasteiger partial charge is 0.462 e. The summed E-state index contributed by atoms with van der Waals surface area (Å²) >= 11 is 0. The molecule has 0 unspecified atom stereocenters. The molecule has 6 heteroatoms. The maximum atomic E-state index is 12.7. The third-order valence-electron chi connectivity index (χ3n) is 10.0. The van der Waals surface area contributed by atoms with Crippen molar-refractivity contribution in [2.75, 3.05) is 13.2 Å². The van der Waals surface area contributed by atoms with E-state index in [2.05, 4.69) is 27.7 Å². The van der Waals surface area contributed by atoms with Gasteiger partial charge in [-0.1, -0.05) is 207 Å². The van der Waals surface area contributed by atoms with E-state index in [1.807, 2.05) is 0 Å². The lowest BCUT2D eigenvalue weighted by molar-refractivity contribution is -0.167. The Labute approximate surface area is 317 Å². The minimum absolute atomic E-state index is 0.0642. The van der Waals surface area contributed by atoms with Crippen LogP contribution in [0.2, 0.25) is 0 Å². The highest BCUT2D eigenvalue weighted by Crippen LogP contribution is 2.16. The van der Waals surface area contributed by atoms with Crippen molar-refractivity contribution in [1.82, 2.24) is 0 Å². The van der Waals surface area contributed by atoms with Gasteiger partial charge in [-0.15, -0.1) is 0 Å². The number of rotatable bonds is 40. The summed E-state index contributed by atoms with van der Waals surface area (Å²) in [4.78, 5) is 37.5. The van der Waals surface area contributed by atoms with Crippen LogP contribution in [0.4, 0.5) is 0 Å². The normalized spacial score (nSPS) is 11.9. The van der Waals surface area contributed by atoms with Crippen molar-refractivity contribution >= 4 is 17.9 Å². The summed E-state index contributed by atoms with van der Waals surface area (Å²) in [6.07, 6.45) is 38.1. The lowest BCUT2D eigenvalue weighted by atomic mass is 10.0. The Morgan fingerprint density at radius 2 is 0.647 bits per heavy atom. The van der Waals surface area contributed by atoms with E-state index in [0.29, 0.717) is 19.3 Å². The molecule has 302 valence electrons. The van der Waals surface area contributed by atoms with Gasteiger partial charge in [0.05, 0.1) is 0 Å².